The second-order valence-electron chi connectivity index (χ2n) is 5.41. The molecule has 20 heavy (non-hydrogen) atoms. The van der Waals surface area contributed by atoms with E-state index in [1.807, 2.05) is 0 Å². The second-order valence-corrected chi connectivity index (χ2v) is 5.41. The van der Waals surface area contributed by atoms with Crippen molar-refractivity contribution in [3.8, 4) is 0 Å². The molecule has 1 saturated heterocycles. The van der Waals surface area contributed by atoms with E-state index in [1.165, 1.54) is 36.7 Å². The summed E-state index contributed by atoms with van der Waals surface area (Å²) in [5.41, 5.74) is 0.533. The molecule has 110 valence electrons. The summed E-state index contributed by atoms with van der Waals surface area (Å²) in [6.07, 6.45) is 0.493. The summed E-state index contributed by atoms with van der Waals surface area (Å²) in [5, 5.41) is 2.74. The van der Waals surface area contributed by atoms with Crippen LogP contribution < -0.4 is 15.1 Å². The maximum atomic E-state index is 13.0. The van der Waals surface area contributed by atoms with Gasteiger partial charge in [-0.05, 0) is 25.1 Å². The van der Waals surface area contributed by atoms with Crippen LogP contribution in [0.5, 0.6) is 0 Å². The van der Waals surface area contributed by atoms with Gasteiger partial charge in [-0.3, -0.25) is 4.79 Å². The van der Waals surface area contributed by atoms with Gasteiger partial charge in [-0.25, -0.2) is 4.39 Å². The highest BCUT2D eigenvalue weighted by molar-refractivity contribution is 5.90. The first kappa shape index (κ1) is 14.9. The lowest BCUT2D eigenvalue weighted by molar-refractivity contribution is -1.01. The monoisotopic (exact) mass is 281 g/mol. The summed E-state index contributed by atoms with van der Waals surface area (Å²) < 4.78 is 13.0. The second kappa shape index (κ2) is 7.36. The number of nitrogens with one attached hydrogen (secondary N) is 3. The lowest BCUT2D eigenvalue weighted by atomic mass is 10.2. The number of anilines is 1. The van der Waals surface area contributed by atoms with Gasteiger partial charge < -0.3 is 15.1 Å². The Hall–Kier alpha value is -1.46. The topological polar surface area (TPSA) is 38.0 Å². The maximum absolute atomic E-state index is 13.0. The Bertz CT molecular complexity index is 444. The molecule has 1 aliphatic heterocycles. The SMILES string of the molecule is CC[NH+]1CC[NH+](CCC(=O)Nc2cccc(F)c2)CC1. The van der Waals surface area contributed by atoms with Crippen LogP contribution >= 0.6 is 0 Å². The van der Waals surface area contributed by atoms with E-state index >= 15 is 0 Å². The highest BCUT2D eigenvalue weighted by atomic mass is 19.1. The molecule has 5 heteroatoms. The van der Waals surface area contributed by atoms with Crippen molar-refractivity contribution in [3.63, 3.8) is 0 Å². The van der Waals surface area contributed by atoms with Gasteiger partial charge >= 0.3 is 0 Å². The zero-order chi connectivity index (χ0) is 14.4. The number of hydrogen-bond donors (Lipinski definition) is 3. The molecule has 2 rings (SSSR count). The quantitative estimate of drug-likeness (QED) is 0.634. The van der Waals surface area contributed by atoms with E-state index in [1.54, 1.807) is 17.0 Å². The number of quaternary nitrogens is 2. The van der Waals surface area contributed by atoms with Gasteiger partial charge in [0, 0.05) is 5.69 Å². The molecule has 1 heterocycles. The lowest BCUT2D eigenvalue weighted by Crippen LogP contribution is -3.28. The van der Waals surface area contributed by atoms with E-state index in [4.69, 9.17) is 0 Å². The Labute approximate surface area is 119 Å². The van der Waals surface area contributed by atoms with E-state index in [0.29, 0.717) is 12.1 Å². The summed E-state index contributed by atoms with van der Waals surface area (Å²) in [7, 11) is 0. The van der Waals surface area contributed by atoms with Crippen molar-refractivity contribution in [1.29, 1.82) is 0 Å². The number of piperazine rings is 1. The minimum atomic E-state index is -0.327. The van der Waals surface area contributed by atoms with Gasteiger partial charge in [0.05, 0.1) is 19.5 Å². The van der Waals surface area contributed by atoms with Crippen LogP contribution in [0.2, 0.25) is 0 Å². The normalized spacial score (nSPS) is 22.5. The molecule has 4 nitrogen and oxygen atoms in total. The number of benzene rings is 1. The van der Waals surface area contributed by atoms with Gasteiger partial charge in [-0.15, -0.1) is 0 Å². The molecule has 0 aliphatic carbocycles. The van der Waals surface area contributed by atoms with Gasteiger partial charge in [-0.1, -0.05) is 6.07 Å². The Balaban J connectivity index is 1.70. The minimum absolute atomic E-state index is 0.0339. The van der Waals surface area contributed by atoms with Crippen LogP contribution in [0.15, 0.2) is 24.3 Å². The third kappa shape index (κ3) is 4.58. The molecule has 3 N–H and O–H groups in total. The average Bonchev–Trinajstić information content (AvgIpc) is 2.46. The van der Waals surface area contributed by atoms with Gasteiger partial charge in [0.15, 0.2) is 0 Å². The largest absolute Gasteiger partial charge is 0.326 e. The van der Waals surface area contributed by atoms with E-state index in [2.05, 4.69) is 12.2 Å². The zero-order valence-electron chi connectivity index (χ0n) is 12.0. The van der Waals surface area contributed by atoms with Crippen LogP contribution in [0.3, 0.4) is 0 Å². The lowest BCUT2D eigenvalue weighted by Gasteiger charge is -2.28. The van der Waals surface area contributed by atoms with E-state index in [-0.39, 0.29) is 11.7 Å². The predicted octanol–water partition coefficient (Wildman–Crippen LogP) is -1.04. The molecule has 0 spiro atoms. The molecule has 0 radical (unpaired) electrons. The van der Waals surface area contributed by atoms with Crippen LogP contribution in [0.4, 0.5) is 10.1 Å². The smallest absolute Gasteiger partial charge is 0.230 e. The first-order valence-electron chi connectivity index (χ1n) is 7.40. The molecule has 1 aromatic rings. The average molecular weight is 281 g/mol. The summed E-state index contributed by atoms with van der Waals surface area (Å²) in [6, 6.07) is 6.02. The fourth-order valence-electron chi connectivity index (χ4n) is 2.64. The molecular formula is C15H24FN3O+2. The van der Waals surface area contributed by atoms with Crippen molar-refractivity contribution < 1.29 is 19.0 Å². The number of amides is 1. The van der Waals surface area contributed by atoms with Crippen molar-refractivity contribution >= 4 is 11.6 Å². The number of likely N-dealkylation sites (N-methyl/N-ethyl adjacent to an activating group) is 1. The number of halogens is 1. The van der Waals surface area contributed by atoms with Crippen LogP contribution in [-0.4, -0.2) is 45.2 Å². The summed E-state index contributed by atoms with van der Waals surface area (Å²) >= 11 is 0. The standard InChI is InChI=1S/C15H22FN3O/c1-2-18-8-10-19(11-9-18)7-6-15(20)17-14-5-3-4-13(16)12-14/h3-5,12H,2,6-11H2,1H3,(H,17,20)/p+2. The molecule has 0 saturated carbocycles. The fourth-order valence-corrected chi connectivity index (χ4v) is 2.64. The number of carbonyl (C=O) groups is 1. The fraction of sp³-hybridized carbons (Fsp3) is 0.533. The third-order valence-corrected chi connectivity index (χ3v) is 3.98. The Morgan fingerprint density at radius 3 is 2.60 bits per heavy atom. The zero-order valence-corrected chi connectivity index (χ0v) is 12.0. The van der Waals surface area contributed by atoms with Crippen LogP contribution in [0.25, 0.3) is 0 Å². The number of carbonyl (C=O) groups excluding carboxylic acids is 1. The van der Waals surface area contributed by atoms with Gasteiger partial charge in [-0.2, -0.15) is 0 Å². The van der Waals surface area contributed by atoms with E-state index < -0.39 is 0 Å². The Morgan fingerprint density at radius 1 is 1.25 bits per heavy atom. The van der Waals surface area contributed by atoms with Crippen molar-refractivity contribution in [2.45, 2.75) is 13.3 Å². The Kier molecular flexibility index (Phi) is 5.49. The molecule has 0 bridgehead atoms. The summed E-state index contributed by atoms with van der Waals surface area (Å²) in [6.45, 7) is 8.92. The van der Waals surface area contributed by atoms with Gasteiger partial charge in [0.25, 0.3) is 0 Å². The molecule has 0 aromatic heterocycles. The number of hydrogen-bond acceptors (Lipinski definition) is 1. The highest BCUT2D eigenvalue weighted by Gasteiger charge is 2.21. The van der Waals surface area contributed by atoms with Gasteiger partial charge in [0.1, 0.15) is 32.0 Å². The maximum Gasteiger partial charge on any atom is 0.230 e. The third-order valence-electron chi connectivity index (χ3n) is 3.98. The first-order chi connectivity index (χ1) is 9.67. The van der Waals surface area contributed by atoms with Crippen LogP contribution in [0, 0.1) is 5.82 Å². The molecule has 1 fully saturated rings. The van der Waals surface area contributed by atoms with Crippen molar-refractivity contribution in [3.05, 3.63) is 30.1 Å². The molecule has 0 atom stereocenters. The molecule has 1 aromatic carbocycles. The first-order valence-corrected chi connectivity index (χ1v) is 7.40. The van der Waals surface area contributed by atoms with Crippen LogP contribution in [-0.2, 0) is 4.79 Å². The van der Waals surface area contributed by atoms with Crippen LogP contribution in [0.1, 0.15) is 13.3 Å². The molecule has 1 aliphatic rings. The molecule has 0 unspecified atom stereocenters. The van der Waals surface area contributed by atoms with Gasteiger partial charge in [0.2, 0.25) is 5.91 Å². The minimum Gasteiger partial charge on any atom is -0.326 e. The summed E-state index contributed by atoms with van der Waals surface area (Å²) in [5.74, 6) is -0.361. The van der Waals surface area contributed by atoms with Crippen molar-refractivity contribution in [2.75, 3.05) is 44.6 Å². The van der Waals surface area contributed by atoms with Crippen molar-refractivity contribution in [1.82, 2.24) is 0 Å². The summed E-state index contributed by atoms with van der Waals surface area (Å²) in [4.78, 5) is 15.0. The molecular weight excluding hydrogens is 257 g/mol. The van der Waals surface area contributed by atoms with E-state index in [0.717, 1.165) is 19.6 Å². The molecule has 1 amide bonds. The van der Waals surface area contributed by atoms with E-state index in [9.17, 15) is 9.18 Å². The highest BCUT2D eigenvalue weighted by Crippen LogP contribution is 2.08. The predicted molar refractivity (Wildman–Crippen MR) is 76.4 cm³/mol. The van der Waals surface area contributed by atoms with Crippen molar-refractivity contribution in [2.24, 2.45) is 0 Å². The Morgan fingerprint density at radius 2 is 1.95 bits per heavy atom. The number of rotatable bonds is 5.